The molecule has 1 aromatic rings. The Labute approximate surface area is 145 Å². The van der Waals surface area contributed by atoms with Crippen LogP contribution in [0.2, 0.25) is 0 Å². The van der Waals surface area contributed by atoms with Gasteiger partial charge in [0.15, 0.2) is 0 Å². The Morgan fingerprint density at radius 1 is 1.25 bits per heavy atom. The van der Waals surface area contributed by atoms with Gasteiger partial charge < -0.3 is 9.64 Å². The maximum absolute atomic E-state index is 13.1. The van der Waals surface area contributed by atoms with Crippen molar-refractivity contribution in [3.05, 3.63) is 46.5 Å². The van der Waals surface area contributed by atoms with Gasteiger partial charge in [0.05, 0.1) is 13.2 Å². The van der Waals surface area contributed by atoms with Crippen LogP contribution in [0.3, 0.4) is 0 Å². The molecule has 0 radical (unpaired) electrons. The highest BCUT2D eigenvalue weighted by molar-refractivity contribution is 9.10. The fourth-order valence-corrected chi connectivity index (χ4v) is 3.19. The quantitative estimate of drug-likeness (QED) is 0.557. The van der Waals surface area contributed by atoms with Crippen LogP contribution in [0.1, 0.15) is 18.5 Å². The first kappa shape index (κ1) is 18.5. The summed E-state index contributed by atoms with van der Waals surface area (Å²) in [6.45, 7) is 1.69. The molecule has 1 aliphatic rings. The predicted molar refractivity (Wildman–Crippen MR) is 83.9 cm³/mol. The van der Waals surface area contributed by atoms with Crippen LogP contribution in [0, 0.1) is 5.92 Å². The lowest BCUT2D eigenvalue weighted by Gasteiger charge is -2.41. The van der Waals surface area contributed by atoms with E-state index in [0.29, 0.717) is 14.9 Å². The van der Waals surface area contributed by atoms with Gasteiger partial charge in [0.2, 0.25) is 0 Å². The van der Waals surface area contributed by atoms with Gasteiger partial charge in [0.1, 0.15) is 6.04 Å². The number of amides is 1. The Kier molecular flexibility index (Phi) is 5.37. The first-order chi connectivity index (χ1) is 11.2. The second-order valence-electron chi connectivity index (χ2n) is 5.42. The zero-order valence-electron chi connectivity index (χ0n) is 12.9. The maximum atomic E-state index is 13.1. The zero-order valence-corrected chi connectivity index (χ0v) is 14.5. The summed E-state index contributed by atoms with van der Waals surface area (Å²) in [4.78, 5) is 24.5. The van der Waals surface area contributed by atoms with E-state index >= 15 is 0 Å². The maximum Gasteiger partial charge on any atom is 0.471 e. The minimum atomic E-state index is -5.10. The van der Waals surface area contributed by atoms with E-state index in [1.807, 2.05) is 0 Å². The van der Waals surface area contributed by atoms with Crippen molar-refractivity contribution >= 4 is 27.8 Å². The minimum Gasteiger partial charge on any atom is -0.467 e. The Morgan fingerprint density at radius 2 is 1.92 bits per heavy atom. The highest BCUT2D eigenvalue weighted by Gasteiger charge is 2.50. The molecule has 1 amide bonds. The molecule has 3 atom stereocenters. The lowest BCUT2D eigenvalue weighted by atomic mass is 9.87. The molecule has 4 nitrogen and oxygen atoms in total. The fraction of sp³-hybridized carbons (Fsp3) is 0.375. The Hall–Kier alpha value is -1.83. The number of carbonyl (C=O) groups excluding carboxylic acids is 2. The smallest absolute Gasteiger partial charge is 0.467 e. The standard InChI is InChI=1S/C16H15BrF3NO3/c1-9-6-7-12(14(22)24-2)21(15(23)16(18,19)20)13(9)10-4-3-5-11(17)8-10/h3-9,12-13H,1-2H3/t9-,12+,13-/m1/s1. The highest BCUT2D eigenvalue weighted by Crippen LogP contribution is 2.39. The van der Waals surface area contributed by atoms with Crippen molar-refractivity contribution < 1.29 is 27.5 Å². The topological polar surface area (TPSA) is 46.6 Å². The van der Waals surface area contributed by atoms with E-state index < -0.39 is 36.1 Å². The number of methoxy groups -OCH3 is 1. The molecule has 0 saturated carbocycles. The number of esters is 1. The van der Waals surface area contributed by atoms with E-state index in [-0.39, 0.29) is 0 Å². The third-order valence-corrected chi connectivity index (χ3v) is 4.30. The average Bonchev–Trinajstić information content (AvgIpc) is 2.52. The summed E-state index contributed by atoms with van der Waals surface area (Å²) in [7, 11) is 1.07. The van der Waals surface area contributed by atoms with Crippen LogP contribution in [0.15, 0.2) is 40.9 Å². The van der Waals surface area contributed by atoms with Gasteiger partial charge in [-0.25, -0.2) is 4.79 Å². The predicted octanol–water partition coefficient (Wildman–Crippen LogP) is 3.63. The summed E-state index contributed by atoms with van der Waals surface area (Å²) in [6.07, 6.45) is -2.20. The Balaban J connectivity index is 2.57. The monoisotopic (exact) mass is 405 g/mol. The number of hydrogen-bond acceptors (Lipinski definition) is 3. The number of ether oxygens (including phenoxy) is 1. The van der Waals surface area contributed by atoms with Gasteiger partial charge in [-0.1, -0.05) is 47.1 Å². The third-order valence-electron chi connectivity index (χ3n) is 3.80. The molecule has 0 bridgehead atoms. The van der Waals surface area contributed by atoms with Crippen LogP contribution in [-0.4, -0.2) is 36.1 Å². The first-order valence-corrected chi connectivity index (χ1v) is 7.87. The van der Waals surface area contributed by atoms with E-state index in [4.69, 9.17) is 0 Å². The molecule has 1 heterocycles. The van der Waals surface area contributed by atoms with E-state index in [9.17, 15) is 22.8 Å². The molecular weight excluding hydrogens is 391 g/mol. The number of nitrogens with zero attached hydrogens (tertiary/aromatic N) is 1. The molecular formula is C16H15BrF3NO3. The van der Waals surface area contributed by atoms with E-state index in [1.165, 1.54) is 6.08 Å². The molecule has 8 heteroatoms. The van der Waals surface area contributed by atoms with E-state index in [0.717, 1.165) is 7.11 Å². The van der Waals surface area contributed by atoms with Gasteiger partial charge >= 0.3 is 18.1 Å². The van der Waals surface area contributed by atoms with Crippen molar-refractivity contribution in [2.24, 2.45) is 5.92 Å². The van der Waals surface area contributed by atoms with Crippen LogP contribution < -0.4 is 0 Å². The summed E-state index contributed by atoms with van der Waals surface area (Å²) in [5, 5.41) is 0. The summed E-state index contributed by atoms with van der Waals surface area (Å²) in [6, 6.07) is 4.27. The van der Waals surface area contributed by atoms with Crippen molar-refractivity contribution in [3.8, 4) is 0 Å². The third kappa shape index (κ3) is 3.63. The Bertz CT molecular complexity index is 675. The molecule has 0 spiro atoms. The van der Waals surface area contributed by atoms with Gasteiger partial charge in [-0.15, -0.1) is 0 Å². The van der Waals surface area contributed by atoms with Crippen molar-refractivity contribution in [2.75, 3.05) is 7.11 Å². The van der Waals surface area contributed by atoms with Crippen molar-refractivity contribution in [1.82, 2.24) is 4.90 Å². The molecule has 0 aliphatic carbocycles. The lowest BCUT2D eigenvalue weighted by Crippen LogP contribution is -2.54. The normalized spacial score (nSPS) is 23.9. The fourth-order valence-electron chi connectivity index (χ4n) is 2.77. The van der Waals surface area contributed by atoms with Crippen LogP contribution in [0.25, 0.3) is 0 Å². The van der Waals surface area contributed by atoms with Crippen LogP contribution >= 0.6 is 15.9 Å². The van der Waals surface area contributed by atoms with E-state index in [2.05, 4.69) is 20.7 Å². The summed E-state index contributed by atoms with van der Waals surface area (Å²) in [5.74, 6) is -3.40. The van der Waals surface area contributed by atoms with Crippen molar-refractivity contribution in [1.29, 1.82) is 0 Å². The van der Waals surface area contributed by atoms with E-state index in [1.54, 1.807) is 37.3 Å². The number of alkyl halides is 3. The van der Waals surface area contributed by atoms with Gasteiger partial charge in [-0.05, 0) is 23.6 Å². The largest absolute Gasteiger partial charge is 0.471 e. The van der Waals surface area contributed by atoms with Crippen LogP contribution in [0.4, 0.5) is 13.2 Å². The van der Waals surface area contributed by atoms with Gasteiger partial charge in [-0.2, -0.15) is 13.2 Å². The number of halogens is 4. The summed E-state index contributed by atoms with van der Waals surface area (Å²) < 4.78 is 44.5. The molecule has 0 aromatic heterocycles. The molecule has 0 saturated heterocycles. The lowest BCUT2D eigenvalue weighted by molar-refractivity contribution is -0.193. The van der Waals surface area contributed by atoms with Gasteiger partial charge in [0.25, 0.3) is 0 Å². The molecule has 0 fully saturated rings. The molecule has 1 aromatic carbocycles. The van der Waals surface area contributed by atoms with Crippen molar-refractivity contribution in [3.63, 3.8) is 0 Å². The summed E-state index contributed by atoms with van der Waals surface area (Å²) >= 11 is 3.27. The van der Waals surface area contributed by atoms with Gasteiger partial charge in [0, 0.05) is 4.47 Å². The first-order valence-electron chi connectivity index (χ1n) is 7.08. The molecule has 24 heavy (non-hydrogen) atoms. The molecule has 0 unspecified atom stereocenters. The zero-order chi connectivity index (χ0) is 18.1. The van der Waals surface area contributed by atoms with Crippen LogP contribution in [0.5, 0.6) is 0 Å². The molecule has 2 rings (SSSR count). The number of benzene rings is 1. The SMILES string of the molecule is COC(=O)[C@@H]1C=C[C@@H](C)[C@H](c2cccc(Br)c2)N1C(=O)C(F)(F)F. The average molecular weight is 406 g/mol. The second-order valence-corrected chi connectivity index (χ2v) is 6.34. The van der Waals surface area contributed by atoms with Crippen molar-refractivity contribution in [2.45, 2.75) is 25.2 Å². The highest BCUT2D eigenvalue weighted by atomic mass is 79.9. The van der Waals surface area contributed by atoms with Gasteiger partial charge in [-0.3, -0.25) is 4.79 Å². The molecule has 1 aliphatic heterocycles. The minimum absolute atomic E-state index is 0.411. The molecule has 130 valence electrons. The second kappa shape index (κ2) is 6.96. The summed E-state index contributed by atoms with van der Waals surface area (Å²) in [5.41, 5.74) is 0.493. The number of hydrogen-bond donors (Lipinski definition) is 0. The molecule has 0 N–H and O–H groups in total. The van der Waals surface area contributed by atoms with Crippen LogP contribution in [-0.2, 0) is 14.3 Å². The number of carbonyl (C=O) groups is 2. The number of rotatable bonds is 2. The Morgan fingerprint density at radius 3 is 2.46 bits per heavy atom.